The van der Waals surface area contributed by atoms with Crippen molar-refractivity contribution in [2.24, 2.45) is 5.10 Å². The van der Waals surface area contributed by atoms with Crippen LogP contribution in [0.4, 0.5) is 0 Å². The van der Waals surface area contributed by atoms with Crippen molar-refractivity contribution in [3.8, 4) is 5.75 Å². The zero-order valence-electron chi connectivity index (χ0n) is 16.1. The van der Waals surface area contributed by atoms with Crippen molar-refractivity contribution in [3.05, 3.63) is 29.8 Å². The molecule has 1 aromatic rings. The maximum absolute atomic E-state index is 11.8. The highest BCUT2D eigenvalue weighted by Crippen LogP contribution is 2.12. The molecule has 0 aliphatic heterocycles. The molecule has 0 saturated carbocycles. The summed E-state index contributed by atoms with van der Waals surface area (Å²) in [5.41, 5.74) is 4.42. The van der Waals surface area contributed by atoms with Crippen LogP contribution in [0.2, 0.25) is 0 Å². The third-order valence-electron chi connectivity index (χ3n) is 4.36. The topological polar surface area (TPSA) is 50.7 Å². The number of hydrogen-bond donors (Lipinski definition) is 1. The fourth-order valence-electron chi connectivity index (χ4n) is 2.70. The smallest absolute Gasteiger partial charge is 0.240 e. The minimum Gasteiger partial charge on any atom is -0.497 e. The van der Waals surface area contributed by atoms with E-state index in [4.69, 9.17) is 4.74 Å². The second-order valence-electron chi connectivity index (χ2n) is 6.54. The first-order valence-corrected chi connectivity index (χ1v) is 9.65. The first kappa shape index (κ1) is 21.2. The fraction of sp³-hybridized carbons (Fsp3) is 0.619. The normalized spacial score (nSPS) is 11.4. The molecule has 25 heavy (non-hydrogen) atoms. The van der Waals surface area contributed by atoms with E-state index in [9.17, 15) is 4.79 Å². The number of carbonyl (C=O) groups is 1. The van der Waals surface area contributed by atoms with Crippen molar-refractivity contribution in [3.63, 3.8) is 0 Å². The molecule has 0 spiro atoms. The molecule has 0 radical (unpaired) electrons. The third-order valence-corrected chi connectivity index (χ3v) is 4.36. The molecule has 1 rings (SSSR count). The van der Waals surface area contributed by atoms with E-state index in [1.807, 2.05) is 31.2 Å². The summed E-state index contributed by atoms with van der Waals surface area (Å²) in [6, 6.07) is 7.64. The van der Waals surface area contributed by atoms with Crippen molar-refractivity contribution >= 4 is 11.6 Å². The Morgan fingerprint density at radius 2 is 1.52 bits per heavy atom. The maximum atomic E-state index is 11.8. The van der Waals surface area contributed by atoms with Crippen molar-refractivity contribution in [2.75, 3.05) is 7.11 Å². The van der Waals surface area contributed by atoms with Crippen LogP contribution in [0.5, 0.6) is 5.75 Å². The molecule has 0 aromatic heterocycles. The summed E-state index contributed by atoms with van der Waals surface area (Å²) < 4.78 is 5.13. The fourth-order valence-corrected chi connectivity index (χ4v) is 2.70. The Labute approximate surface area is 153 Å². The molecular weight excluding hydrogens is 312 g/mol. The van der Waals surface area contributed by atoms with E-state index in [2.05, 4.69) is 17.5 Å². The Kier molecular flexibility index (Phi) is 11.4. The Morgan fingerprint density at radius 3 is 2.08 bits per heavy atom. The summed E-state index contributed by atoms with van der Waals surface area (Å²) in [6.45, 7) is 4.13. The molecule has 0 bridgehead atoms. The monoisotopic (exact) mass is 346 g/mol. The van der Waals surface area contributed by atoms with Crippen LogP contribution < -0.4 is 10.2 Å². The average molecular weight is 347 g/mol. The number of ether oxygens (including phenoxy) is 1. The Morgan fingerprint density at radius 1 is 0.960 bits per heavy atom. The summed E-state index contributed by atoms with van der Waals surface area (Å²) in [5.74, 6) is 0.807. The SMILES string of the molecule is CCCCCCCCCCCC(=O)NN=C(C)c1ccc(OC)cc1. The van der Waals surface area contributed by atoms with Crippen LogP contribution in [-0.2, 0) is 4.79 Å². The van der Waals surface area contributed by atoms with Gasteiger partial charge in [-0.05, 0) is 43.2 Å². The lowest BCUT2D eigenvalue weighted by molar-refractivity contribution is -0.121. The molecule has 0 atom stereocenters. The van der Waals surface area contributed by atoms with E-state index < -0.39 is 0 Å². The second-order valence-corrected chi connectivity index (χ2v) is 6.54. The standard InChI is InChI=1S/C21H34N2O2/c1-4-5-6-7-8-9-10-11-12-13-21(24)23-22-18(2)19-14-16-20(25-3)17-15-19/h14-17H,4-13H2,1-3H3,(H,23,24). The number of hydrogen-bond acceptors (Lipinski definition) is 3. The van der Waals surface area contributed by atoms with Gasteiger partial charge in [-0.2, -0.15) is 5.10 Å². The molecule has 140 valence electrons. The quantitative estimate of drug-likeness (QED) is 0.293. The summed E-state index contributed by atoms with van der Waals surface area (Å²) in [7, 11) is 1.64. The summed E-state index contributed by atoms with van der Waals surface area (Å²) in [5, 5.41) is 4.18. The van der Waals surface area contributed by atoms with E-state index >= 15 is 0 Å². The molecule has 0 unspecified atom stereocenters. The van der Waals surface area contributed by atoms with Gasteiger partial charge >= 0.3 is 0 Å². The van der Waals surface area contributed by atoms with Crippen LogP contribution in [0.3, 0.4) is 0 Å². The third kappa shape index (κ3) is 9.90. The number of benzene rings is 1. The van der Waals surface area contributed by atoms with Gasteiger partial charge in [0.1, 0.15) is 5.75 Å². The van der Waals surface area contributed by atoms with Gasteiger partial charge in [-0.3, -0.25) is 4.79 Å². The van der Waals surface area contributed by atoms with Gasteiger partial charge in [0, 0.05) is 6.42 Å². The number of carbonyl (C=O) groups excluding carboxylic acids is 1. The second kappa shape index (κ2) is 13.5. The number of nitrogens with zero attached hydrogens (tertiary/aromatic N) is 1. The molecule has 1 N–H and O–H groups in total. The Balaban J connectivity index is 2.13. The number of methoxy groups -OCH3 is 1. The minimum atomic E-state index is -0.00388. The van der Waals surface area contributed by atoms with Crippen LogP contribution in [-0.4, -0.2) is 18.7 Å². The zero-order chi connectivity index (χ0) is 18.3. The first-order valence-electron chi connectivity index (χ1n) is 9.65. The minimum absolute atomic E-state index is 0.00388. The summed E-state index contributed by atoms with van der Waals surface area (Å²) >= 11 is 0. The molecule has 0 heterocycles. The van der Waals surface area contributed by atoms with Gasteiger partial charge in [0.15, 0.2) is 0 Å². The molecule has 1 aromatic carbocycles. The van der Waals surface area contributed by atoms with E-state index in [1.54, 1.807) is 7.11 Å². The van der Waals surface area contributed by atoms with Gasteiger partial charge in [-0.25, -0.2) is 5.43 Å². The van der Waals surface area contributed by atoms with Crippen molar-refractivity contribution in [1.82, 2.24) is 5.43 Å². The number of amides is 1. The van der Waals surface area contributed by atoms with Gasteiger partial charge < -0.3 is 4.74 Å². The maximum Gasteiger partial charge on any atom is 0.240 e. The molecule has 0 aliphatic carbocycles. The predicted molar refractivity (Wildman–Crippen MR) is 105 cm³/mol. The van der Waals surface area contributed by atoms with Gasteiger partial charge in [0.2, 0.25) is 5.91 Å². The van der Waals surface area contributed by atoms with Gasteiger partial charge in [0.25, 0.3) is 0 Å². The lowest BCUT2D eigenvalue weighted by Crippen LogP contribution is -2.18. The highest BCUT2D eigenvalue weighted by atomic mass is 16.5. The van der Waals surface area contributed by atoms with E-state index in [1.165, 1.54) is 44.9 Å². The van der Waals surface area contributed by atoms with Crippen LogP contribution >= 0.6 is 0 Å². The van der Waals surface area contributed by atoms with Gasteiger partial charge in [0.05, 0.1) is 12.8 Å². The molecular formula is C21H34N2O2. The van der Waals surface area contributed by atoms with Crippen molar-refractivity contribution in [2.45, 2.75) is 78.1 Å². The highest BCUT2D eigenvalue weighted by Gasteiger charge is 2.02. The van der Waals surface area contributed by atoms with Gasteiger partial charge in [-0.1, -0.05) is 58.3 Å². The lowest BCUT2D eigenvalue weighted by Gasteiger charge is -2.05. The molecule has 0 saturated heterocycles. The molecule has 1 amide bonds. The zero-order valence-corrected chi connectivity index (χ0v) is 16.1. The van der Waals surface area contributed by atoms with Crippen LogP contribution in [0.15, 0.2) is 29.4 Å². The Hall–Kier alpha value is -1.84. The number of unbranched alkanes of at least 4 members (excludes halogenated alkanes) is 8. The Bertz CT molecular complexity index is 509. The predicted octanol–water partition coefficient (Wildman–Crippen LogP) is 5.46. The van der Waals surface area contributed by atoms with E-state index in [0.717, 1.165) is 29.9 Å². The number of rotatable bonds is 13. The van der Waals surface area contributed by atoms with E-state index in [0.29, 0.717) is 6.42 Å². The number of hydrazone groups is 1. The molecule has 4 nitrogen and oxygen atoms in total. The van der Waals surface area contributed by atoms with Crippen LogP contribution in [0.25, 0.3) is 0 Å². The molecule has 4 heteroatoms. The largest absolute Gasteiger partial charge is 0.497 e. The average Bonchev–Trinajstić information content (AvgIpc) is 2.64. The lowest BCUT2D eigenvalue weighted by atomic mass is 10.1. The highest BCUT2D eigenvalue weighted by molar-refractivity contribution is 5.99. The molecule has 0 aliphatic rings. The summed E-state index contributed by atoms with van der Waals surface area (Å²) in [6.07, 6.45) is 11.9. The van der Waals surface area contributed by atoms with Crippen LogP contribution in [0.1, 0.15) is 83.6 Å². The van der Waals surface area contributed by atoms with Crippen molar-refractivity contribution < 1.29 is 9.53 Å². The summed E-state index contributed by atoms with van der Waals surface area (Å²) in [4.78, 5) is 11.8. The van der Waals surface area contributed by atoms with Crippen molar-refractivity contribution in [1.29, 1.82) is 0 Å². The first-order chi connectivity index (χ1) is 12.2. The molecule has 0 fully saturated rings. The van der Waals surface area contributed by atoms with Crippen LogP contribution in [0, 0.1) is 0 Å². The van der Waals surface area contributed by atoms with Gasteiger partial charge in [-0.15, -0.1) is 0 Å². The number of nitrogens with one attached hydrogen (secondary N) is 1. The van der Waals surface area contributed by atoms with E-state index in [-0.39, 0.29) is 5.91 Å².